The van der Waals surface area contributed by atoms with Crippen LogP contribution in [-0.4, -0.2) is 36.9 Å². The van der Waals surface area contributed by atoms with Crippen LogP contribution in [0.4, 0.5) is 13.2 Å². The van der Waals surface area contributed by atoms with Gasteiger partial charge < -0.3 is 19.4 Å². The average molecular weight is 499 g/mol. The molecule has 0 radical (unpaired) electrons. The molecule has 1 fully saturated rings. The number of nitrogens with zero attached hydrogens (tertiary/aromatic N) is 1. The van der Waals surface area contributed by atoms with E-state index in [4.69, 9.17) is 9.15 Å². The third kappa shape index (κ3) is 5.97. The molecule has 1 saturated heterocycles. The highest BCUT2D eigenvalue weighted by Crippen LogP contribution is 2.33. The molecule has 0 aliphatic carbocycles. The zero-order valence-electron chi connectivity index (χ0n) is 19.6. The molecule has 1 aromatic heterocycles. The first-order valence-electron chi connectivity index (χ1n) is 11.5. The van der Waals surface area contributed by atoms with E-state index < -0.39 is 17.6 Å². The van der Waals surface area contributed by atoms with Gasteiger partial charge in [0, 0.05) is 30.3 Å². The number of rotatable bonds is 6. The maximum atomic E-state index is 13.3. The van der Waals surface area contributed by atoms with Crippen molar-refractivity contribution in [3.05, 3.63) is 83.2 Å². The summed E-state index contributed by atoms with van der Waals surface area (Å²) in [5, 5.41) is 2.68. The van der Waals surface area contributed by atoms with Crippen LogP contribution in [0.15, 0.2) is 70.8 Å². The van der Waals surface area contributed by atoms with E-state index in [1.165, 1.54) is 31.4 Å². The number of halogens is 3. The Morgan fingerprint density at radius 2 is 1.72 bits per heavy atom. The summed E-state index contributed by atoms with van der Waals surface area (Å²) in [7, 11) is 1.52. The summed E-state index contributed by atoms with van der Waals surface area (Å²) in [6.07, 6.45) is -0.321. The standard InChI is InChI=1S/C27H25F3N2O4/c1-35-21-10-8-18(9-11-21)25(33)31-23(26(34)32-14-3-2-4-15-32)17-22-12-13-24(36-22)19-6-5-7-20(16-19)27(28,29)30/h5-13,16-17H,2-4,14-15H2,1H3,(H,31,33)/b23-17+. The summed E-state index contributed by atoms with van der Waals surface area (Å²) in [5.74, 6) is 0.174. The summed E-state index contributed by atoms with van der Waals surface area (Å²) in [6.45, 7) is 1.14. The number of methoxy groups -OCH3 is 1. The number of furan rings is 1. The lowest BCUT2D eigenvalue weighted by Crippen LogP contribution is -2.41. The summed E-state index contributed by atoms with van der Waals surface area (Å²) in [6, 6.07) is 14.3. The van der Waals surface area contributed by atoms with Crippen LogP contribution in [0.25, 0.3) is 17.4 Å². The number of carbonyl (C=O) groups excluding carboxylic acids is 2. The van der Waals surface area contributed by atoms with E-state index >= 15 is 0 Å². The second kappa shape index (κ2) is 10.7. The van der Waals surface area contributed by atoms with Gasteiger partial charge in [0.15, 0.2) is 0 Å². The Morgan fingerprint density at radius 3 is 2.39 bits per heavy atom. The number of carbonyl (C=O) groups is 2. The van der Waals surface area contributed by atoms with E-state index in [1.54, 1.807) is 35.2 Å². The Hall–Kier alpha value is -4.01. The van der Waals surface area contributed by atoms with Crippen molar-refractivity contribution in [2.24, 2.45) is 0 Å². The molecule has 2 heterocycles. The minimum atomic E-state index is -4.48. The number of benzene rings is 2. The highest BCUT2D eigenvalue weighted by molar-refractivity contribution is 6.05. The molecular weight excluding hydrogens is 473 g/mol. The second-order valence-electron chi connectivity index (χ2n) is 8.37. The Bertz CT molecular complexity index is 1260. The molecule has 3 aromatic rings. The highest BCUT2D eigenvalue weighted by atomic mass is 19.4. The number of piperidine rings is 1. The smallest absolute Gasteiger partial charge is 0.416 e. The molecule has 1 N–H and O–H groups in total. The number of likely N-dealkylation sites (tertiary alicyclic amines) is 1. The van der Waals surface area contributed by atoms with E-state index in [0.717, 1.165) is 31.4 Å². The topological polar surface area (TPSA) is 71.8 Å². The fourth-order valence-corrected chi connectivity index (χ4v) is 3.93. The molecule has 0 atom stereocenters. The first-order valence-corrected chi connectivity index (χ1v) is 11.5. The van der Waals surface area contributed by atoms with Crippen LogP contribution in [0.1, 0.15) is 40.9 Å². The van der Waals surface area contributed by atoms with Gasteiger partial charge in [-0.25, -0.2) is 0 Å². The van der Waals surface area contributed by atoms with Gasteiger partial charge in [-0.05, 0) is 67.8 Å². The monoisotopic (exact) mass is 498 g/mol. The number of hydrogen-bond acceptors (Lipinski definition) is 4. The maximum absolute atomic E-state index is 13.3. The van der Waals surface area contributed by atoms with Crippen molar-refractivity contribution < 1.29 is 31.9 Å². The van der Waals surface area contributed by atoms with Gasteiger partial charge in [0.05, 0.1) is 12.7 Å². The minimum absolute atomic E-state index is 0.0164. The van der Waals surface area contributed by atoms with Gasteiger partial charge in [0.2, 0.25) is 0 Å². The largest absolute Gasteiger partial charge is 0.497 e. The lowest BCUT2D eigenvalue weighted by molar-refractivity contribution is -0.137. The lowest BCUT2D eigenvalue weighted by Gasteiger charge is -2.27. The number of nitrogens with one attached hydrogen (secondary N) is 1. The van der Waals surface area contributed by atoms with E-state index in [0.29, 0.717) is 24.4 Å². The molecule has 0 unspecified atom stereocenters. The van der Waals surface area contributed by atoms with E-state index in [1.807, 2.05) is 0 Å². The van der Waals surface area contributed by atoms with E-state index in [9.17, 15) is 22.8 Å². The molecular formula is C27H25F3N2O4. The van der Waals surface area contributed by atoms with Crippen LogP contribution in [0, 0.1) is 0 Å². The molecule has 1 aliphatic heterocycles. The van der Waals surface area contributed by atoms with Gasteiger partial charge in [-0.15, -0.1) is 0 Å². The lowest BCUT2D eigenvalue weighted by atomic mass is 10.1. The first kappa shape index (κ1) is 25.1. The van der Waals surface area contributed by atoms with Crippen LogP contribution in [0.5, 0.6) is 5.75 Å². The molecule has 2 aromatic carbocycles. The average Bonchev–Trinajstić information content (AvgIpc) is 3.36. The normalized spacial score (nSPS) is 14.4. The van der Waals surface area contributed by atoms with Gasteiger partial charge in [-0.3, -0.25) is 9.59 Å². The number of amides is 2. The van der Waals surface area contributed by atoms with Crippen molar-refractivity contribution in [1.29, 1.82) is 0 Å². The van der Waals surface area contributed by atoms with Crippen LogP contribution in [0.2, 0.25) is 0 Å². The van der Waals surface area contributed by atoms with Crippen molar-refractivity contribution >= 4 is 17.9 Å². The Kier molecular flexibility index (Phi) is 7.47. The molecule has 0 bridgehead atoms. The van der Waals surface area contributed by atoms with Crippen molar-refractivity contribution in [3.63, 3.8) is 0 Å². The summed E-state index contributed by atoms with van der Waals surface area (Å²) >= 11 is 0. The molecule has 6 nitrogen and oxygen atoms in total. The quantitative estimate of drug-likeness (QED) is 0.439. The van der Waals surface area contributed by atoms with Crippen LogP contribution >= 0.6 is 0 Å². The molecule has 36 heavy (non-hydrogen) atoms. The zero-order chi connectivity index (χ0) is 25.7. The SMILES string of the molecule is COc1ccc(C(=O)N/C(=C/c2ccc(-c3cccc(C(F)(F)F)c3)o2)C(=O)N2CCCCC2)cc1. The van der Waals surface area contributed by atoms with Crippen LogP contribution < -0.4 is 10.1 Å². The predicted octanol–water partition coefficient (Wildman–Crippen LogP) is 5.76. The molecule has 9 heteroatoms. The zero-order valence-corrected chi connectivity index (χ0v) is 19.6. The van der Waals surface area contributed by atoms with Crippen molar-refractivity contribution in [1.82, 2.24) is 10.2 Å². The summed E-state index contributed by atoms with van der Waals surface area (Å²) in [5.41, 5.74) is -0.197. The van der Waals surface area contributed by atoms with Crippen LogP contribution in [-0.2, 0) is 11.0 Å². The molecule has 0 saturated carbocycles. The van der Waals surface area contributed by atoms with E-state index in [-0.39, 0.29) is 28.7 Å². The third-order valence-corrected chi connectivity index (χ3v) is 5.86. The second-order valence-corrected chi connectivity index (χ2v) is 8.37. The highest BCUT2D eigenvalue weighted by Gasteiger charge is 2.30. The van der Waals surface area contributed by atoms with Gasteiger partial charge in [0.25, 0.3) is 11.8 Å². The van der Waals surface area contributed by atoms with Crippen LogP contribution in [0.3, 0.4) is 0 Å². The third-order valence-electron chi connectivity index (χ3n) is 5.86. The van der Waals surface area contributed by atoms with Gasteiger partial charge >= 0.3 is 6.18 Å². The minimum Gasteiger partial charge on any atom is -0.497 e. The molecule has 1 aliphatic rings. The molecule has 188 valence electrons. The molecule has 0 spiro atoms. The maximum Gasteiger partial charge on any atom is 0.416 e. The Morgan fingerprint density at radius 1 is 1.00 bits per heavy atom. The fraction of sp³-hybridized carbons (Fsp3) is 0.259. The summed E-state index contributed by atoms with van der Waals surface area (Å²) in [4.78, 5) is 27.8. The van der Waals surface area contributed by atoms with Gasteiger partial charge in [-0.1, -0.05) is 12.1 Å². The van der Waals surface area contributed by atoms with Crippen molar-refractivity contribution in [3.8, 4) is 17.1 Å². The van der Waals surface area contributed by atoms with Gasteiger partial charge in [-0.2, -0.15) is 13.2 Å². The molecule has 2 amide bonds. The first-order chi connectivity index (χ1) is 17.2. The Balaban J connectivity index is 1.62. The van der Waals surface area contributed by atoms with Crippen molar-refractivity contribution in [2.45, 2.75) is 25.4 Å². The molecule has 4 rings (SSSR count). The van der Waals surface area contributed by atoms with Gasteiger partial charge in [0.1, 0.15) is 23.0 Å². The predicted molar refractivity (Wildman–Crippen MR) is 128 cm³/mol. The van der Waals surface area contributed by atoms with Crippen molar-refractivity contribution in [2.75, 3.05) is 20.2 Å². The fourth-order valence-electron chi connectivity index (χ4n) is 3.93. The van der Waals surface area contributed by atoms with E-state index in [2.05, 4.69) is 5.32 Å². The summed E-state index contributed by atoms with van der Waals surface area (Å²) < 4.78 is 50.2. The number of hydrogen-bond donors (Lipinski definition) is 1. The Labute approximate surface area is 206 Å². The number of alkyl halides is 3. The number of ether oxygens (including phenoxy) is 1.